The second-order valence-electron chi connectivity index (χ2n) is 9.95. The number of carbonyl (C=O) groups is 2. The van der Waals surface area contributed by atoms with Crippen LogP contribution in [-0.2, 0) is 17.6 Å². The van der Waals surface area contributed by atoms with Gasteiger partial charge in [0.25, 0.3) is 11.5 Å². The van der Waals surface area contributed by atoms with Crippen molar-refractivity contribution in [3.8, 4) is 27.5 Å². The summed E-state index contributed by atoms with van der Waals surface area (Å²) in [6, 6.07) is 15.0. The Kier molecular flexibility index (Phi) is 7.92. The lowest BCUT2D eigenvalue weighted by molar-refractivity contribution is -0.141. The van der Waals surface area contributed by atoms with E-state index in [-0.39, 0.29) is 18.0 Å². The van der Waals surface area contributed by atoms with Crippen LogP contribution in [0.5, 0.6) is 0 Å². The summed E-state index contributed by atoms with van der Waals surface area (Å²) in [6.45, 7) is 6.38. The molecular weight excluding hydrogens is 546 g/mol. The summed E-state index contributed by atoms with van der Waals surface area (Å²) in [5.41, 5.74) is 5.39. The van der Waals surface area contributed by atoms with Gasteiger partial charge in [0.2, 0.25) is 0 Å². The van der Waals surface area contributed by atoms with E-state index >= 15 is 0 Å². The van der Waals surface area contributed by atoms with Crippen molar-refractivity contribution in [2.75, 3.05) is 13.1 Å². The first kappa shape index (κ1) is 27.8. The van der Waals surface area contributed by atoms with Gasteiger partial charge in [-0.1, -0.05) is 55.8 Å². The van der Waals surface area contributed by atoms with Gasteiger partial charge in [-0.05, 0) is 55.5 Å². The molecule has 1 aliphatic rings. The zero-order valence-electron chi connectivity index (χ0n) is 22.6. The van der Waals surface area contributed by atoms with Gasteiger partial charge in [-0.25, -0.2) is 4.98 Å². The van der Waals surface area contributed by atoms with Gasteiger partial charge in [-0.3, -0.25) is 19.0 Å². The fourth-order valence-corrected chi connectivity index (χ4v) is 6.27. The van der Waals surface area contributed by atoms with Crippen LogP contribution in [0.1, 0.15) is 47.4 Å². The van der Waals surface area contributed by atoms with E-state index in [1.807, 2.05) is 49.6 Å². The normalized spacial score (nSPS) is 15.0. The number of carboxylic acid groups (broad SMARTS) is 1. The Balaban J connectivity index is 1.71. The largest absolute Gasteiger partial charge is 0.481 e. The number of para-hydroxylation sites is 1. The summed E-state index contributed by atoms with van der Waals surface area (Å²) >= 11 is 7.40. The van der Waals surface area contributed by atoms with E-state index in [1.165, 1.54) is 11.3 Å². The highest BCUT2D eigenvalue weighted by molar-refractivity contribution is 7.13. The van der Waals surface area contributed by atoms with Crippen LogP contribution in [0, 0.1) is 12.8 Å². The number of carboxylic acids is 1. The highest BCUT2D eigenvalue weighted by atomic mass is 35.5. The lowest BCUT2D eigenvalue weighted by atomic mass is 10.0. The van der Waals surface area contributed by atoms with Crippen molar-refractivity contribution in [3.63, 3.8) is 0 Å². The summed E-state index contributed by atoms with van der Waals surface area (Å²) in [5, 5.41) is 12.5. The molecule has 1 aliphatic heterocycles. The van der Waals surface area contributed by atoms with E-state index < -0.39 is 11.9 Å². The molecule has 1 amide bonds. The maximum absolute atomic E-state index is 14.3. The molecule has 0 radical (unpaired) electrons. The van der Waals surface area contributed by atoms with E-state index in [2.05, 4.69) is 0 Å². The lowest BCUT2D eigenvalue weighted by Crippen LogP contribution is -2.33. The SMILES string of the molecule is CCc1cccc(CC)c1-n1c(C)c(C(=O)N2CCC(C(=O)O)C2)cc(-c2nc(-c3ccc(Cl)cc3)cs2)c1=O. The molecule has 2 aromatic carbocycles. The van der Waals surface area contributed by atoms with Gasteiger partial charge < -0.3 is 10.0 Å². The number of pyridine rings is 1. The minimum atomic E-state index is -0.903. The van der Waals surface area contributed by atoms with Crippen molar-refractivity contribution in [1.82, 2.24) is 14.5 Å². The van der Waals surface area contributed by atoms with Crippen LogP contribution in [-0.4, -0.2) is 44.5 Å². The minimum absolute atomic E-state index is 0.145. The topological polar surface area (TPSA) is 92.5 Å². The summed E-state index contributed by atoms with van der Waals surface area (Å²) in [7, 11) is 0. The van der Waals surface area contributed by atoms with E-state index in [4.69, 9.17) is 16.6 Å². The zero-order chi connectivity index (χ0) is 28.6. The number of aliphatic carboxylic acids is 1. The number of nitrogens with zero attached hydrogens (tertiary/aromatic N) is 3. The first-order valence-corrected chi connectivity index (χ1v) is 14.6. The van der Waals surface area contributed by atoms with Crippen LogP contribution >= 0.6 is 22.9 Å². The molecule has 40 heavy (non-hydrogen) atoms. The number of amides is 1. The molecule has 5 rings (SSSR count). The third-order valence-corrected chi connectivity index (χ3v) is 8.69. The van der Waals surface area contributed by atoms with Crippen molar-refractivity contribution in [3.05, 3.63) is 91.7 Å². The number of aromatic nitrogens is 2. The molecule has 4 aromatic rings. The van der Waals surface area contributed by atoms with Gasteiger partial charge in [0, 0.05) is 34.7 Å². The van der Waals surface area contributed by atoms with Gasteiger partial charge >= 0.3 is 5.97 Å². The molecule has 1 unspecified atom stereocenters. The smallest absolute Gasteiger partial charge is 0.308 e. The van der Waals surface area contributed by atoms with E-state index in [0.29, 0.717) is 58.4 Å². The number of hydrogen-bond acceptors (Lipinski definition) is 5. The molecule has 9 heteroatoms. The Hall–Kier alpha value is -3.75. The first-order chi connectivity index (χ1) is 19.2. The molecular formula is C31H30ClN3O4S. The minimum Gasteiger partial charge on any atom is -0.481 e. The predicted molar refractivity (Wildman–Crippen MR) is 159 cm³/mol. The summed E-state index contributed by atoms with van der Waals surface area (Å²) in [4.78, 5) is 46.1. The third kappa shape index (κ3) is 5.09. The van der Waals surface area contributed by atoms with Crippen LogP contribution in [0.4, 0.5) is 0 Å². The number of aryl methyl sites for hydroxylation is 2. The van der Waals surface area contributed by atoms with Gasteiger partial charge in [-0.15, -0.1) is 11.3 Å². The maximum Gasteiger partial charge on any atom is 0.308 e. The zero-order valence-corrected chi connectivity index (χ0v) is 24.2. The standard InChI is InChI=1S/C31H30ClN3O4S/c1-4-19-7-6-8-20(5-2)27(19)35-18(3)24(29(36)34-14-13-22(16-34)31(38)39)15-25(30(35)37)28-33-26(17-40-28)21-9-11-23(32)12-10-21/h6-12,15,17,22H,4-5,13-14,16H2,1-3H3,(H,38,39). The average molecular weight is 576 g/mol. The molecule has 0 aliphatic carbocycles. The summed E-state index contributed by atoms with van der Waals surface area (Å²) in [5.74, 6) is -1.78. The molecule has 0 bridgehead atoms. The molecule has 1 N–H and O–H groups in total. The van der Waals surface area contributed by atoms with Crippen LogP contribution in [0.25, 0.3) is 27.5 Å². The number of benzene rings is 2. The second-order valence-corrected chi connectivity index (χ2v) is 11.2. The van der Waals surface area contributed by atoms with Gasteiger partial charge in [-0.2, -0.15) is 0 Å². The highest BCUT2D eigenvalue weighted by Gasteiger charge is 2.33. The van der Waals surface area contributed by atoms with E-state index in [9.17, 15) is 19.5 Å². The van der Waals surface area contributed by atoms with Gasteiger partial charge in [0.05, 0.1) is 28.4 Å². The van der Waals surface area contributed by atoms with E-state index in [1.54, 1.807) is 34.6 Å². The Labute approximate surface area is 241 Å². The number of carbonyl (C=O) groups excluding carboxylic acids is 1. The van der Waals surface area contributed by atoms with Crippen molar-refractivity contribution in [2.45, 2.75) is 40.0 Å². The van der Waals surface area contributed by atoms with Crippen LogP contribution in [0.15, 0.2) is 58.7 Å². The quantitative estimate of drug-likeness (QED) is 0.281. The lowest BCUT2D eigenvalue weighted by Gasteiger charge is -2.23. The molecule has 0 saturated carbocycles. The monoisotopic (exact) mass is 575 g/mol. The summed E-state index contributed by atoms with van der Waals surface area (Å²) < 4.78 is 1.66. The second kappa shape index (κ2) is 11.4. The Morgan fingerprint density at radius 1 is 1.10 bits per heavy atom. The molecule has 2 aromatic heterocycles. The number of thiazole rings is 1. The first-order valence-electron chi connectivity index (χ1n) is 13.3. The predicted octanol–water partition coefficient (Wildman–Crippen LogP) is 6.26. The molecule has 3 heterocycles. The fraction of sp³-hybridized carbons (Fsp3) is 0.290. The molecule has 7 nitrogen and oxygen atoms in total. The van der Waals surface area contributed by atoms with Crippen LogP contribution < -0.4 is 5.56 Å². The Morgan fingerprint density at radius 2 is 1.77 bits per heavy atom. The molecule has 206 valence electrons. The van der Waals surface area contributed by atoms with E-state index in [0.717, 1.165) is 22.4 Å². The van der Waals surface area contributed by atoms with Crippen molar-refractivity contribution >= 4 is 34.8 Å². The summed E-state index contributed by atoms with van der Waals surface area (Å²) in [6.07, 6.45) is 1.84. The third-order valence-electron chi connectivity index (χ3n) is 7.57. The maximum atomic E-state index is 14.3. The number of halogens is 1. The van der Waals surface area contributed by atoms with Crippen molar-refractivity contribution < 1.29 is 14.7 Å². The Morgan fingerprint density at radius 3 is 2.38 bits per heavy atom. The van der Waals surface area contributed by atoms with Crippen molar-refractivity contribution in [2.24, 2.45) is 5.92 Å². The molecule has 1 fully saturated rings. The number of hydrogen-bond donors (Lipinski definition) is 1. The fourth-order valence-electron chi connectivity index (χ4n) is 5.31. The van der Waals surface area contributed by atoms with Crippen LogP contribution in [0.2, 0.25) is 5.02 Å². The van der Waals surface area contributed by atoms with Crippen molar-refractivity contribution in [1.29, 1.82) is 0 Å². The number of rotatable bonds is 7. The molecule has 0 spiro atoms. The molecule has 1 atom stereocenters. The highest BCUT2D eigenvalue weighted by Crippen LogP contribution is 2.31. The Bertz CT molecular complexity index is 1640. The molecule has 1 saturated heterocycles. The van der Waals surface area contributed by atoms with Gasteiger partial charge in [0.15, 0.2) is 0 Å². The number of likely N-dealkylation sites (tertiary alicyclic amines) is 1. The van der Waals surface area contributed by atoms with Crippen LogP contribution in [0.3, 0.4) is 0 Å². The van der Waals surface area contributed by atoms with Gasteiger partial charge in [0.1, 0.15) is 5.01 Å². The average Bonchev–Trinajstić information content (AvgIpc) is 3.64.